The van der Waals surface area contributed by atoms with Gasteiger partial charge in [0.05, 0.1) is 16.9 Å². The standard InChI is InChI=1S/C28H20N4O7S/c1-38-23-14-17(11-12-22(23)39-26-21(32(36)37)10-5-13-29-26)15-24-27(34)31(28(35)40-24)16-25(33)30-20-9-4-7-18-6-2-3-8-19(18)20/h2-15H,16H2,1H3,(H,30,33)/b24-15+. The summed E-state index contributed by atoms with van der Waals surface area (Å²) in [5.41, 5.74) is 0.772. The van der Waals surface area contributed by atoms with Crippen LogP contribution in [0.4, 0.5) is 16.2 Å². The number of pyridine rings is 1. The number of amides is 3. The van der Waals surface area contributed by atoms with E-state index in [1.165, 1.54) is 37.6 Å². The number of rotatable bonds is 8. The second-order valence-electron chi connectivity index (χ2n) is 8.44. The van der Waals surface area contributed by atoms with Gasteiger partial charge in [-0.3, -0.25) is 29.4 Å². The van der Waals surface area contributed by atoms with Crippen molar-refractivity contribution in [2.45, 2.75) is 0 Å². The molecule has 0 unspecified atom stereocenters. The summed E-state index contributed by atoms with van der Waals surface area (Å²) in [6.45, 7) is -0.440. The number of aromatic nitrogens is 1. The lowest BCUT2D eigenvalue weighted by atomic mass is 10.1. The first-order valence-corrected chi connectivity index (χ1v) is 12.6. The molecule has 5 rings (SSSR count). The molecule has 0 atom stereocenters. The summed E-state index contributed by atoms with van der Waals surface area (Å²) in [4.78, 5) is 53.9. The van der Waals surface area contributed by atoms with Gasteiger partial charge in [-0.2, -0.15) is 0 Å². The monoisotopic (exact) mass is 556 g/mol. The van der Waals surface area contributed by atoms with Gasteiger partial charge in [0.25, 0.3) is 17.0 Å². The maximum Gasteiger partial charge on any atom is 0.331 e. The molecular weight excluding hydrogens is 536 g/mol. The highest BCUT2D eigenvalue weighted by atomic mass is 32.2. The van der Waals surface area contributed by atoms with Gasteiger partial charge in [-0.15, -0.1) is 0 Å². The Hall–Kier alpha value is -5.23. The third-order valence-electron chi connectivity index (χ3n) is 5.88. The molecule has 1 aliphatic rings. The van der Waals surface area contributed by atoms with Gasteiger partial charge >= 0.3 is 5.69 Å². The molecule has 2 heterocycles. The third kappa shape index (κ3) is 5.47. The smallest absolute Gasteiger partial charge is 0.331 e. The van der Waals surface area contributed by atoms with Crippen molar-refractivity contribution in [1.82, 2.24) is 9.88 Å². The Balaban J connectivity index is 1.31. The number of carbonyl (C=O) groups is 3. The van der Waals surface area contributed by atoms with Crippen LogP contribution in [0.25, 0.3) is 16.8 Å². The summed E-state index contributed by atoms with van der Waals surface area (Å²) in [6.07, 6.45) is 2.85. The Kier molecular flexibility index (Phi) is 7.42. The summed E-state index contributed by atoms with van der Waals surface area (Å²) in [6, 6.07) is 20.3. The second kappa shape index (κ2) is 11.3. The number of hydrogen-bond donors (Lipinski definition) is 1. The van der Waals surface area contributed by atoms with Crippen LogP contribution in [0.5, 0.6) is 17.4 Å². The van der Waals surface area contributed by atoms with E-state index in [0.717, 1.165) is 15.7 Å². The van der Waals surface area contributed by atoms with Gasteiger partial charge in [-0.25, -0.2) is 4.98 Å². The van der Waals surface area contributed by atoms with Crippen molar-refractivity contribution in [1.29, 1.82) is 0 Å². The number of nitrogens with zero attached hydrogens (tertiary/aromatic N) is 3. The lowest BCUT2D eigenvalue weighted by molar-refractivity contribution is -0.386. The van der Waals surface area contributed by atoms with Crippen LogP contribution in [0, 0.1) is 10.1 Å². The van der Waals surface area contributed by atoms with E-state index in [1.54, 1.807) is 18.2 Å². The normalized spacial score (nSPS) is 14.0. The maximum atomic E-state index is 13.0. The van der Waals surface area contributed by atoms with E-state index in [-0.39, 0.29) is 28.0 Å². The molecule has 0 bridgehead atoms. The fraction of sp³-hybridized carbons (Fsp3) is 0.0714. The highest BCUT2D eigenvalue weighted by molar-refractivity contribution is 8.18. The van der Waals surface area contributed by atoms with Crippen LogP contribution in [0.3, 0.4) is 0 Å². The van der Waals surface area contributed by atoms with Crippen LogP contribution >= 0.6 is 11.8 Å². The van der Waals surface area contributed by atoms with E-state index in [1.807, 2.05) is 36.4 Å². The molecule has 0 radical (unpaired) electrons. The number of nitrogens with one attached hydrogen (secondary N) is 1. The average molecular weight is 557 g/mol. The van der Waals surface area contributed by atoms with Crippen LogP contribution in [-0.2, 0) is 9.59 Å². The zero-order chi connectivity index (χ0) is 28.2. The number of fused-ring (bicyclic) bond motifs is 1. The van der Waals surface area contributed by atoms with Crippen molar-refractivity contribution in [3.8, 4) is 17.4 Å². The number of anilines is 1. The van der Waals surface area contributed by atoms with Crippen molar-refractivity contribution in [2.75, 3.05) is 19.0 Å². The number of carbonyl (C=O) groups excluding carboxylic acids is 3. The van der Waals surface area contributed by atoms with Gasteiger partial charge < -0.3 is 14.8 Å². The van der Waals surface area contributed by atoms with Crippen LogP contribution in [-0.4, -0.2) is 45.5 Å². The predicted octanol–water partition coefficient (Wildman–Crippen LogP) is 5.62. The van der Waals surface area contributed by atoms with Gasteiger partial charge in [-0.05, 0) is 53.1 Å². The average Bonchev–Trinajstić information content (AvgIpc) is 3.21. The molecule has 4 aromatic rings. The van der Waals surface area contributed by atoms with Crippen LogP contribution in [0.15, 0.2) is 83.9 Å². The Morgan fingerprint density at radius 3 is 2.67 bits per heavy atom. The van der Waals surface area contributed by atoms with Crippen molar-refractivity contribution in [2.24, 2.45) is 0 Å². The lowest BCUT2D eigenvalue weighted by Gasteiger charge is -2.13. The molecule has 1 aliphatic heterocycles. The van der Waals surface area contributed by atoms with E-state index in [9.17, 15) is 24.5 Å². The first-order chi connectivity index (χ1) is 19.3. The largest absolute Gasteiger partial charge is 0.493 e. The Morgan fingerprint density at radius 2 is 1.88 bits per heavy atom. The molecule has 1 fully saturated rings. The quantitative estimate of drug-likeness (QED) is 0.166. The zero-order valence-corrected chi connectivity index (χ0v) is 21.7. The molecule has 1 aromatic heterocycles. The highest BCUT2D eigenvalue weighted by Crippen LogP contribution is 2.37. The predicted molar refractivity (Wildman–Crippen MR) is 149 cm³/mol. The lowest BCUT2D eigenvalue weighted by Crippen LogP contribution is -2.36. The van der Waals surface area contributed by atoms with Crippen LogP contribution in [0.2, 0.25) is 0 Å². The van der Waals surface area contributed by atoms with Crippen LogP contribution < -0.4 is 14.8 Å². The minimum absolute atomic E-state index is 0.124. The summed E-state index contributed by atoms with van der Waals surface area (Å²) < 4.78 is 11.0. The van der Waals surface area contributed by atoms with Crippen LogP contribution in [0.1, 0.15) is 5.56 Å². The molecule has 0 aliphatic carbocycles. The fourth-order valence-corrected chi connectivity index (χ4v) is 4.86. The first-order valence-electron chi connectivity index (χ1n) is 11.8. The van der Waals surface area contributed by atoms with E-state index in [4.69, 9.17) is 9.47 Å². The van der Waals surface area contributed by atoms with Gasteiger partial charge in [0.2, 0.25) is 5.91 Å². The second-order valence-corrected chi connectivity index (χ2v) is 9.43. The van der Waals surface area contributed by atoms with Crippen molar-refractivity contribution in [3.63, 3.8) is 0 Å². The fourth-order valence-electron chi connectivity index (χ4n) is 4.02. The summed E-state index contributed by atoms with van der Waals surface area (Å²) >= 11 is 0.714. The molecule has 1 N–H and O–H groups in total. The van der Waals surface area contributed by atoms with Crippen molar-refractivity contribution < 1.29 is 28.8 Å². The number of benzene rings is 3. The topological polar surface area (TPSA) is 141 Å². The van der Waals surface area contributed by atoms with Gasteiger partial charge in [0.15, 0.2) is 11.5 Å². The molecule has 0 spiro atoms. The van der Waals surface area contributed by atoms with Crippen molar-refractivity contribution >= 4 is 57.0 Å². The first kappa shape index (κ1) is 26.4. The number of methoxy groups -OCH3 is 1. The molecule has 0 saturated carbocycles. The highest BCUT2D eigenvalue weighted by Gasteiger charge is 2.36. The number of imide groups is 1. The third-order valence-corrected chi connectivity index (χ3v) is 6.79. The molecule has 12 heteroatoms. The number of nitro groups is 1. The Bertz CT molecular complexity index is 1700. The number of ether oxygens (including phenoxy) is 2. The summed E-state index contributed by atoms with van der Waals surface area (Å²) in [5, 5.41) is 15.3. The molecular formula is C28H20N4O7S. The number of hydrogen-bond acceptors (Lipinski definition) is 9. The van der Waals surface area contributed by atoms with Gasteiger partial charge in [-0.1, -0.05) is 42.5 Å². The number of thioether (sulfide) groups is 1. The molecule has 3 aromatic carbocycles. The van der Waals surface area contributed by atoms with Crippen molar-refractivity contribution in [3.05, 3.63) is 99.6 Å². The molecule has 11 nitrogen and oxygen atoms in total. The van der Waals surface area contributed by atoms with E-state index < -0.39 is 28.5 Å². The molecule has 40 heavy (non-hydrogen) atoms. The molecule has 3 amide bonds. The van der Waals surface area contributed by atoms with Gasteiger partial charge in [0.1, 0.15) is 6.54 Å². The maximum absolute atomic E-state index is 13.0. The Labute approximate surface area is 231 Å². The Morgan fingerprint density at radius 1 is 1.07 bits per heavy atom. The van der Waals surface area contributed by atoms with E-state index >= 15 is 0 Å². The van der Waals surface area contributed by atoms with Gasteiger partial charge in [0, 0.05) is 23.3 Å². The summed E-state index contributed by atoms with van der Waals surface area (Å²) in [5.74, 6) is -0.929. The molecule has 200 valence electrons. The summed E-state index contributed by atoms with van der Waals surface area (Å²) in [7, 11) is 1.39. The van der Waals surface area contributed by atoms with E-state index in [2.05, 4.69) is 10.3 Å². The SMILES string of the molecule is COc1cc(/C=C2/SC(=O)N(CC(=O)Nc3cccc4ccccc34)C2=O)ccc1Oc1ncccc1[N+](=O)[O-]. The zero-order valence-electron chi connectivity index (χ0n) is 20.9. The minimum Gasteiger partial charge on any atom is -0.493 e. The molecule has 1 saturated heterocycles. The van der Waals surface area contributed by atoms with E-state index in [0.29, 0.717) is 23.0 Å². The minimum atomic E-state index is -0.610.